The molecule has 0 saturated carbocycles. The number of esters is 2. The first-order valence-corrected chi connectivity index (χ1v) is 37.5. The van der Waals surface area contributed by atoms with Crippen molar-refractivity contribution in [1.29, 1.82) is 0 Å². The molecule has 2 unspecified atom stereocenters. The van der Waals surface area contributed by atoms with Crippen molar-refractivity contribution in [2.24, 2.45) is 0 Å². The smallest absolute Gasteiger partial charge is 0.306 e. The van der Waals surface area contributed by atoms with Crippen LogP contribution in [0.5, 0.6) is 0 Å². The summed E-state index contributed by atoms with van der Waals surface area (Å²) in [5.74, 6) is -0.814. The molecule has 0 amide bonds. The minimum atomic E-state index is -4.64. The molecule has 0 fully saturated rings. The summed E-state index contributed by atoms with van der Waals surface area (Å²) in [7, 11) is 1.18. The zero-order valence-electron chi connectivity index (χ0n) is 55.5. The number of quaternary nitrogens is 1. The van der Waals surface area contributed by atoms with Gasteiger partial charge in [-0.15, -0.1) is 0 Å². The number of phosphoric acid groups is 1. The van der Waals surface area contributed by atoms with E-state index < -0.39 is 26.5 Å². The third kappa shape index (κ3) is 67.6. The average Bonchev–Trinajstić information content (AvgIpc) is 3.46. The second-order valence-corrected chi connectivity index (χ2v) is 27.4. The SMILES string of the molecule is CCCCCCC/C=C\C/C=C\CCCCCCCCCCCCCC(=O)OC(COC(=O)CCCCCCCCCCCCCCCCCCCCCCCCCCCCCCCCCCCCC)COP(=O)([O-])OCC[N+](C)(C)C. The highest BCUT2D eigenvalue weighted by atomic mass is 31.2. The monoisotopic (exact) mass is 1180 g/mol. The lowest BCUT2D eigenvalue weighted by Gasteiger charge is -2.28. The molecule has 0 spiro atoms. The first-order valence-electron chi connectivity index (χ1n) is 36.0. The number of unbranched alkanes of at least 4 members (excludes halogenated alkanes) is 50. The third-order valence-electron chi connectivity index (χ3n) is 16.5. The van der Waals surface area contributed by atoms with Crippen LogP contribution < -0.4 is 4.89 Å². The van der Waals surface area contributed by atoms with Crippen LogP contribution in [0.2, 0.25) is 0 Å². The molecular formula is C72H140NO8P. The van der Waals surface area contributed by atoms with Gasteiger partial charge in [0.05, 0.1) is 27.7 Å². The van der Waals surface area contributed by atoms with Crippen LogP contribution in [0.15, 0.2) is 24.3 Å². The molecule has 2 atom stereocenters. The molecule has 0 aliphatic carbocycles. The largest absolute Gasteiger partial charge is 0.756 e. The van der Waals surface area contributed by atoms with E-state index in [9.17, 15) is 19.0 Å². The fourth-order valence-electron chi connectivity index (χ4n) is 10.9. The lowest BCUT2D eigenvalue weighted by molar-refractivity contribution is -0.870. The number of ether oxygens (including phenoxy) is 2. The summed E-state index contributed by atoms with van der Waals surface area (Å²) in [5.41, 5.74) is 0. The molecule has 0 aliphatic rings. The number of carbonyl (C=O) groups excluding carboxylic acids is 2. The number of likely N-dealkylation sites (N-methyl/N-ethyl adjacent to an activating group) is 1. The highest BCUT2D eigenvalue weighted by molar-refractivity contribution is 7.45. The van der Waals surface area contributed by atoms with E-state index in [0.717, 1.165) is 44.9 Å². The van der Waals surface area contributed by atoms with Gasteiger partial charge in [0.25, 0.3) is 7.82 Å². The Hall–Kier alpha value is -1.51. The van der Waals surface area contributed by atoms with Crippen LogP contribution >= 0.6 is 7.82 Å². The van der Waals surface area contributed by atoms with Gasteiger partial charge in [0.15, 0.2) is 6.10 Å². The normalized spacial score (nSPS) is 13.2. The molecule has 0 aromatic carbocycles. The van der Waals surface area contributed by atoms with Crippen molar-refractivity contribution in [1.82, 2.24) is 0 Å². The zero-order valence-corrected chi connectivity index (χ0v) is 56.4. The van der Waals surface area contributed by atoms with Crippen LogP contribution in [0.4, 0.5) is 0 Å². The first-order chi connectivity index (χ1) is 40.0. The molecule has 0 aromatic heterocycles. The van der Waals surface area contributed by atoms with Gasteiger partial charge in [0.2, 0.25) is 0 Å². The van der Waals surface area contributed by atoms with Crippen molar-refractivity contribution in [2.75, 3.05) is 47.5 Å². The number of allylic oxidation sites excluding steroid dienone is 4. The third-order valence-corrected chi connectivity index (χ3v) is 17.4. The molecule has 0 rings (SSSR count). The van der Waals surface area contributed by atoms with Crippen molar-refractivity contribution >= 4 is 19.8 Å². The predicted octanol–water partition coefficient (Wildman–Crippen LogP) is 22.6. The summed E-state index contributed by atoms with van der Waals surface area (Å²) < 4.78 is 34.3. The van der Waals surface area contributed by atoms with Gasteiger partial charge < -0.3 is 27.9 Å². The maximum absolute atomic E-state index is 12.8. The summed E-state index contributed by atoms with van der Waals surface area (Å²) in [4.78, 5) is 38.0. The lowest BCUT2D eigenvalue weighted by atomic mass is 10.0. The Morgan fingerprint density at radius 1 is 0.378 bits per heavy atom. The topological polar surface area (TPSA) is 111 Å². The number of phosphoric ester groups is 1. The van der Waals surface area contributed by atoms with Gasteiger partial charge >= 0.3 is 11.9 Å². The Morgan fingerprint density at radius 3 is 0.963 bits per heavy atom. The van der Waals surface area contributed by atoms with Gasteiger partial charge in [-0.1, -0.05) is 340 Å². The van der Waals surface area contributed by atoms with Crippen molar-refractivity contribution in [2.45, 2.75) is 380 Å². The quantitative estimate of drug-likeness (QED) is 0.0195. The Balaban J connectivity index is 3.93. The lowest BCUT2D eigenvalue weighted by Crippen LogP contribution is -2.37. The fraction of sp³-hybridized carbons (Fsp3) is 0.917. The molecule has 0 heterocycles. The molecule has 0 aromatic rings. The molecule has 0 saturated heterocycles. The molecule has 486 valence electrons. The van der Waals surface area contributed by atoms with E-state index in [1.54, 1.807) is 0 Å². The Morgan fingerprint density at radius 2 is 0.659 bits per heavy atom. The molecular weight excluding hydrogens is 1040 g/mol. The molecule has 82 heavy (non-hydrogen) atoms. The van der Waals surface area contributed by atoms with E-state index in [2.05, 4.69) is 38.2 Å². The van der Waals surface area contributed by atoms with Crippen molar-refractivity contribution in [3.8, 4) is 0 Å². The zero-order chi connectivity index (χ0) is 59.8. The standard InChI is InChI=1S/C72H140NO8P/c1-6-8-10-12-14-16-18-20-22-24-26-28-30-31-32-33-34-35-36-37-38-39-40-41-43-44-46-48-50-52-54-56-58-60-62-64-71(74)78-68-70(69-80-82(76,77)79-67-66-73(3,4)5)81-72(75)65-63-61-59-57-55-53-51-49-47-45-42-29-27-25-23-21-19-17-15-13-11-9-7-2/h19,21,25,27,70H,6-18,20,22-24,26,28-69H2,1-5H3/b21-19-,27-25-. The van der Waals surface area contributed by atoms with Gasteiger partial charge in [-0.2, -0.15) is 0 Å². The highest BCUT2D eigenvalue weighted by Crippen LogP contribution is 2.38. The predicted molar refractivity (Wildman–Crippen MR) is 351 cm³/mol. The van der Waals surface area contributed by atoms with E-state index in [0.29, 0.717) is 17.4 Å². The molecule has 0 aliphatic heterocycles. The van der Waals surface area contributed by atoms with E-state index >= 15 is 0 Å². The second kappa shape index (κ2) is 64.0. The highest BCUT2D eigenvalue weighted by Gasteiger charge is 2.22. The van der Waals surface area contributed by atoms with Gasteiger partial charge in [0.1, 0.15) is 19.8 Å². The number of hydrogen-bond acceptors (Lipinski definition) is 8. The van der Waals surface area contributed by atoms with Crippen LogP contribution in [0.25, 0.3) is 0 Å². The van der Waals surface area contributed by atoms with E-state index in [-0.39, 0.29) is 32.0 Å². The minimum Gasteiger partial charge on any atom is -0.756 e. The minimum absolute atomic E-state index is 0.0283. The van der Waals surface area contributed by atoms with Gasteiger partial charge in [-0.3, -0.25) is 14.2 Å². The van der Waals surface area contributed by atoms with E-state index in [1.807, 2.05) is 21.1 Å². The first kappa shape index (κ1) is 80.5. The maximum atomic E-state index is 12.8. The molecule has 0 N–H and O–H groups in total. The summed E-state index contributed by atoms with van der Waals surface area (Å²) in [6.07, 6.45) is 79.9. The molecule has 9 nitrogen and oxygen atoms in total. The average molecular weight is 1180 g/mol. The number of hydrogen-bond donors (Lipinski definition) is 0. The van der Waals surface area contributed by atoms with Crippen molar-refractivity contribution < 1.29 is 42.1 Å². The van der Waals surface area contributed by atoms with Crippen LogP contribution in [0, 0.1) is 0 Å². The fourth-order valence-corrected chi connectivity index (χ4v) is 11.7. The number of nitrogens with zero attached hydrogens (tertiary/aromatic N) is 1. The van der Waals surface area contributed by atoms with Crippen LogP contribution in [0.3, 0.4) is 0 Å². The summed E-state index contributed by atoms with van der Waals surface area (Å²) in [5, 5.41) is 0. The second-order valence-electron chi connectivity index (χ2n) is 26.0. The van der Waals surface area contributed by atoms with Crippen LogP contribution in [-0.2, 0) is 32.7 Å². The summed E-state index contributed by atoms with van der Waals surface area (Å²) in [6, 6.07) is 0. The number of rotatable bonds is 68. The van der Waals surface area contributed by atoms with E-state index in [1.165, 1.54) is 295 Å². The molecule has 0 bridgehead atoms. The van der Waals surface area contributed by atoms with Crippen LogP contribution in [0.1, 0.15) is 373 Å². The van der Waals surface area contributed by atoms with Gasteiger partial charge in [-0.05, 0) is 44.9 Å². The van der Waals surface area contributed by atoms with Crippen LogP contribution in [-0.4, -0.2) is 70.0 Å². The number of carbonyl (C=O) groups is 2. The Labute approximate surface area is 510 Å². The Bertz CT molecular complexity index is 1430. The molecule has 0 radical (unpaired) electrons. The van der Waals surface area contributed by atoms with Gasteiger partial charge in [0, 0.05) is 12.8 Å². The summed E-state index contributed by atoms with van der Waals surface area (Å²) in [6.45, 7) is 4.30. The van der Waals surface area contributed by atoms with Gasteiger partial charge in [-0.25, -0.2) is 0 Å². The van der Waals surface area contributed by atoms with Crippen molar-refractivity contribution in [3.05, 3.63) is 24.3 Å². The van der Waals surface area contributed by atoms with E-state index in [4.69, 9.17) is 18.5 Å². The molecule has 10 heteroatoms. The summed E-state index contributed by atoms with van der Waals surface area (Å²) >= 11 is 0. The van der Waals surface area contributed by atoms with Crippen molar-refractivity contribution in [3.63, 3.8) is 0 Å². The maximum Gasteiger partial charge on any atom is 0.306 e. The Kier molecular flexibility index (Phi) is 62.8.